The van der Waals surface area contributed by atoms with Crippen LogP contribution in [-0.2, 0) is 84.6 Å². The minimum Gasteiger partial charge on any atom is -0.263 e. The van der Waals surface area contributed by atoms with Gasteiger partial charge in [-0.2, -0.15) is 0 Å². The van der Waals surface area contributed by atoms with Crippen LogP contribution >= 0.6 is 0 Å². The molecule has 0 aliphatic heterocycles. The van der Waals surface area contributed by atoms with E-state index in [1.54, 1.807) is 6.33 Å². The number of imidazole rings is 6. The van der Waals surface area contributed by atoms with Crippen LogP contribution in [0, 0.1) is 6.92 Å². The van der Waals surface area contributed by atoms with Gasteiger partial charge in [-0.25, -0.2) is 50.7 Å². The highest BCUT2D eigenvalue weighted by atomic mass is 15.2. The van der Waals surface area contributed by atoms with Gasteiger partial charge >= 0.3 is 11.3 Å². The lowest BCUT2D eigenvalue weighted by Gasteiger charge is -1.84. The molecule has 0 bridgehead atoms. The smallest absolute Gasteiger partial charge is 0.263 e. The van der Waals surface area contributed by atoms with Crippen LogP contribution in [0.15, 0.2) is 130 Å². The van der Waals surface area contributed by atoms with Gasteiger partial charge in [0.25, 0.3) is 5.82 Å². The van der Waals surface area contributed by atoms with E-state index in [0.717, 1.165) is 27.8 Å². The third kappa shape index (κ3) is 10.7. The van der Waals surface area contributed by atoms with Crippen LogP contribution in [-0.4, -0.2) is 47.3 Å². The van der Waals surface area contributed by atoms with Crippen molar-refractivity contribution < 1.29 is 27.4 Å². The largest absolute Gasteiger partial charge is 0.304 e. The number of rotatable bonds is 0. The predicted octanol–water partition coefficient (Wildman–Crippen LogP) is 1.60. The first-order valence-electron chi connectivity index (χ1n) is 19.1. The van der Waals surface area contributed by atoms with Gasteiger partial charge in [0, 0.05) is 19.2 Å². The number of aryl methyl sites for hydroxylation is 12. The highest BCUT2D eigenvalue weighted by Crippen LogP contribution is 2.08. The number of fused-ring (bicyclic) bond motifs is 4. The van der Waals surface area contributed by atoms with Crippen LogP contribution in [0.3, 0.4) is 0 Å². The fourth-order valence-corrected chi connectivity index (χ4v) is 6.54. The minimum absolute atomic E-state index is 0.961. The Bertz CT molecular complexity index is 2410. The molecule has 0 spiro atoms. The first-order valence-corrected chi connectivity index (χ1v) is 19.1. The van der Waals surface area contributed by atoms with E-state index >= 15 is 0 Å². The van der Waals surface area contributed by atoms with Crippen molar-refractivity contribution in [3.05, 3.63) is 136 Å². The maximum absolute atomic E-state index is 4.24. The molecule has 0 amide bonds. The van der Waals surface area contributed by atoms with E-state index in [9.17, 15) is 0 Å². The molecule has 0 N–H and O–H groups in total. The Morgan fingerprint density at radius 3 is 1.53 bits per heavy atom. The monoisotopic (exact) mass is 801 g/mol. The van der Waals surface area contributed by atoms with Crippen molar-refractivity contribution in [1.82, 2.24) is 47.3 Å². The van der Waals surface area contributed by atoms with Gasteiger partial charge in [0.2, 0.25) is 19.0 Å². The third-order valence-corrected chi connectivity index (χ3v) is 9.87. The Labute approximate surface area is 345 Å². The van der Waals surface area contributed by atoms with Gasteiger partial charge in [0.1, 0.15) is 31.0 Å². The molecule has 16 nitrogen and oxygen atoms in total. The lowest BCUT2D eigenvalue weighted by Crippen LogP contribution is -2.29. The molecule has 0 atom stereocenters. The van der Waals surface area contributed by atoms with E-state index in [2.05, 4.69) is 110 Å². The van der Waals surface area contributed by atoms with E-state index < -0.39 is 0 Å². The number of hydrogen-bond donors (Lipinski definition) is 0. The summed E-state index contributed by atoms with van der Waals surface area (Å²) in [5.41, 5.74) is 9.12. The van der Waals surface area contributed by atoms with Crippen LogP contribution in [0.4, 0.5) is 0 Å². The lowest BCUT2D eigenvalue weighted by atomic mass is 10.3. The summed E-state index contributed by atoms with van der Waals surface area (Å²) in [6.07, 6.45) is 27.0. The van der Waals surface area contributed by atoms with Crippen molar-refractivity contribution >= 4 is 44.4 Å². The molecule has 9 aromatic heterocycles. The van der Waals surface area contributed by atoms with E-state index in [1.807, 2.05) is 180 Å². The Balaban J connectivity index is 0.000000136. The average molecular weight is 801 g/mol. The van der Waals surface area contributed by atoms with Gasteiger partial charge in [-0.1, -0.05) is 17.1 Å². The van der Waals surface area contributed by atoms with Crippen LogP contribution in [0.1, 0.15) is 5.82 Å². The zero-order valence-electron chi connectivity index (χ0n) is 36.8. The number of benzene rings is 1. The topological polar surface area (TPSA) is 104 Å². The van der Waals surface area contributed by atoms with E-state index in [4.69, 9.17) is 0 Å². The number of pyridine rings is 2. The summed E-state index contributed by atoms with van der Waals surface area (Å²) in [5.74, 6) is 1.27. The van der Waals surface area contributed by atoms with Crippen molar-refractivity contribution in [1.29, 1.82) is 0 Å². The highest BCUT2D eigenvalue weighted by molar-refractivity contribution is 5.71. The van der Waals surface area contributed by atoms with Gasteiger partial charge in [-0.3, -0.25) is 14.1 Å². The quantitative estimate of drug-likeness (QED) is 0.218. The first-order chi connectivity index (χ1) is 28.2. The SMILES string of the molecule is Cc1n(C)cc[n+]1C.Cn1c[n+](C)c2ccccc21.Cn1c[n+](C)c2ccncc21.Cn1c[n+](C)c2ncccc21.Cn1c[n+](C)c2ncncc21.Cn1cc[n+](C)c1. The molecule has 0 aliphatic carbocycles. The van der Waals surface area contributed by atoms with Crippen LogP contribution in [0.25, 0.3) is 44.4 Å². The number of aromatic nitrogens is 16. The molecular weight excluding hydrogens is 741 g/mol. The second-order valence-corrected chi connectivity index (χ2v) is 14.6. The molecule has 16 heteroatoms. The standard InChI is InChI=1S/C9H11N2.2C8H10N3.C7H9N4.C6H11N2.C5H9N2/c1-10-7-11(2)9-6-4-3-5-8(9)10;1-10-6-11(2)8-5-9-4-3-7(8)10;1-10-6-11(2)8-7(10)4-3-5-9-8;1-10-5-11(2)7-6(10)3-8-4-9-7;1-6-7(2)4-5-8(6)3;1-6-3-4-7(2)5-6/h3-7H,1-2H3;2*3-6H,1-2H3;3-5H,1-2H3;4-5H,1-3H3;3-5H,1-2H3/q6*+1. The second kappa shape index (κ2) is 19.4. The van der Waals surface area contributed by atoms with Crippen molar-refractivity contribution in [3.63, 3.8) is 0 Å². The summed E-state index contributed by atoms with van der Waals surface area (Å²) in [6, 6.07) is 14.4. The molecule has 9 heterocycles. The van der Waals surface area contributed by atoms with Crippen LogP contribution in [0.5, 0.6) is 0 Å². The fourth-order valence-electron chi connectivity index (χ4n) is 6.54. The molecular formula is C43H60N16+6. The molecule has 306 valence electrons. The molecule has 0 aliphatic rings. The summed E-state index contributed by atoms with van der Waals surface area (Å²) in [7, 11) is 24.2. The molecule has 0 radical (unpaired) electrons. The highest BCUT2D eigenvalue weighted by Gasteiger charge is 2.11. The summed E-state index contributed by atoms with van der Waals surface area (Å²) < 4.78 is 24.6. The van der Waals surface area contributed by atoms with Gasteiger partial charge in [-0.05, 0) is 24.3 Å². The Kier molecular flexibility index (Phi) is 14.1. The van der Waals surface area contributed by atoms with Gasteiger partial charge in [0.15, 0.2) is 52.1 Å². The molecule has 1 aromatic carbocycles. The molecule has 59 heavy (non-hydrogen) atoms. The molecule has 0 saturated carbocycles. The molecule has 0 unspecified atom stereocenters. The normalized spacial score (nSPS) is 10.5. The number of nitrogens with zero attached hydrogens (tertiary/aromatic N) is 16. The fraction of sp³-hybridized carbons (Fsp3) is 0.302. The van der Waals surface area contributed by atoms with Crippen LogP contribution < -0.4 is 27.4 Å². The van der Waals surface area contributed by atoms with E-state index in [-0.39, 0.29) is 0 Å². The summed E-state index contributed by atoms with van der Waals surface area (Å²) in [6.45, 7) is 2.08. The summed E-state index contributed by atoms with van der Waals surface area (Å²) in [5, 5.41) is 0. The number of hydrogen-bond acceptors (Lipinski definition) is 4. The maximum atomic E-state index is 4.24. The Hall–Kier alpha value is -7.10. The van der Waals surface area contributed by atoms with Gasteiger partial charge in [0.05, 0.1) is 97.0 Å². The second-order valence-electron chi connectivity index (χ2n) is 14.6. The Morgan fingerprint density at radius 2 is 1.02 bits per heavy atom. The van der Waals surface area contributed by atoms with Crippen molar-refractivity contribution in [3.8, 4) is 0 Å². The van der Waals surface area contributed by atoms with Crippen molar-refractivity contribution in [2.45, 2.75) is 6.92 Å². The molecule has 0 fully saturated rings. The molecule has 0 saturated heterocycles. The third-order valence-electron chi connectivity index (χ3n) is 9.87. The van der Waals surface area contributed by atoms with Gasteiger partial charge in [-0.15, -0.1) is 4.98 Å². The summed E-state index contributed by atoms with van der Waals surface area (Å²) >= 11 is 0. The van der Waals surface area contributed by atoms with Crippen LogP contribution in [0.2, 0.25) is 0 Å². The van der Waals surface area contributed by atoms with Crippen molar-refractivity contribution in [2.24, 2.45) is 84.6 Å². The minimum atomic E-state index is 0.961. The molecule has 10 aromatic rings. The zero-order valence-corrected chi connectivity index (χ0v) is 36.8. The maximum Gasteiger partial charge on any atom is 0.304 e. The average Bonchev–Trinajstić information content (AvgIpc) is 4.06. The van der Waals surface area contributed by atoms with Crippen molar-refractivity contribution in [2.75, 3.05) is 0 Å². The molecule has 10 rings (SSSR count). The predicted molar refractivity (Wildman–Crippen MR) is 225 cm³/mol. The van der Waals surface area contributed by atoms with Gasteiger partial charge < -0.3 is 0 Å². The van der Waals surface area contributed by atoms with E-state index in [0.29, 0.717) is 0 Å². The number of para-hydroxylation sites is 2. The lowest BCUT2D eigenvalue weighted by molar-refractivity contribution is -0.677. The zero-order chi connectivity index (χ0) is 42.8. The summed E-state index contributed by atoms with van der Waals surface area (Å²) in [4.78, 5) is 16.4. The first kappa shape index (κ1) is 43.0. The Morgan fingerprint density at radius 1 is 0.458 bits per heavy atom. The van der Waals surface area contributed by atoms with E-state index in [1.165, 1.54) is 22.4 Å².